The molecule has 5 heteroatoms. The Hall–Kier alpha value is -18.3. The van der Waals surface area contributed by atoms with Gasteiger partial charge in [-0.15, -0.1) is 11.3 Å². The van der Waals surface area contributed by atoms with Gasteiger partial charge in [-0.3, -0.25) is 0 Å². The van der Waals surface area contributed by atoms with Crippen LogP contribution in [-0.4, -0.2) is 9.13 Å². The highest BCUT2D eigenvalue weighted by Crippen LogP contribution is 2.51. The highest BCUT2D eigenvalue weighted by Gasteiger charge is 2.26. The summed E-state index contributed by atoms with van der Waals surface area (Å²) in [4.78, 5) is 0. The highest BCUT2D eigenvalue weighted by molar-refractivity contribution is 7.25. The fourth-order valence-corrected chi connectivity index (χ4v) is 23.8. The third-order valence-corrected chi connectivity index (χ3v) is 30.3. The van der Waals surface area contributed by atoms with Gasteiger partial charge in [0.15, 0.2) is 0 Å². The van der Waals surface area contributed by atoms with E-state index >= 15 is 0 Å². The second-order valence-corrected chi connectivity index (χ2v) is 38.2. The van der Waals surface area contributed by atoms with Crippen molar-refractivity contribution in [3.8, 4) is 134 Å². The van der Waals surface area contributed by atoms with Crippen molar-refractivity contribution in [2.75, 3.05) is 0 Å². The van der Waals surface area contributed by atoms with Gasteiger partial charge in [0.1, 0.15) is 22.3 Å². The summed E-state index contributed by atoms with van der Waals surface area (Å²) in [5.74, 6) is 0. The Morgan fingerprint density at radius 3 is 0.894 bits per heavy atom. The first-order valence-electron chi connectivity index (χ1n) is 48.4. The lowest BCUT2D eigenvalue weighted by atomic mass is 9.86. The standard InChI is InChI=1S/C86H53NO2.C50H31NS/c1-4-21-54(22-5-1)57-27-18-29-61(45-57)73-50-64(52-77-67-33-14-16-39-81(67)88-85(73)77)59-41-43-79-75(48-59)76-49-60(65-51-74(86-78(53-65)68-34-15-17-40-82(68)89-86)62-30-19-28-58(46-62)55-23-6-2-7-24-55)42-44-80(76)87(79)66-32-20-31-63(47-66)84-71-37-12-10-35-69(71)83(56-25-8-3-9-26-56)70-36-11-13-38-72(70)84;1-2-12-32(13-3-1)49-39-16-4-6-18-41(39)50(42-19-7-5-17-40(42)49)33-22-26-36(27-23-33)51-45-20-10-8-14-37(45)43-30-34(24-28-46(43)51)35-25-29-48-44(31-35)38-15-9-11-21-47(38)52-48/h1-53H;1-31H. The first-order chi connectivity index (χ1) is 69.9. The SMILES string of the molecule is c1ccc(-c2c3ccccc3c(-c3ccc(-n4c5ccccc5c5cc(-c6ccc7sc8ccccc8c7c6)ccc54)cc3)c3ccccc23)cc1.c1ccc(-c2cccc(-c3cc(-c4ccc5c(c4)c4cc(-c6cc(-c7cccc(-c8ccccc8)c7)c7oc8ccccc8c7c6)ccc4n5-c4cccc(-c5c6ccccc6c(-c6ccccc6)c6ccccc56)c4)cc4c3oc3ccccc34)c2)cc1. The van der Waals surface area contributed by atoms with Gasteiger partial charge in [0.05, 0.1) is 22.1 Å². The summed E-state index contributed by atoms with van der Waals surface area (Å²) in [6, 6.07) is 186. The zero-order valence-electron chi connectivity index (χ0n) is 76.6. The molecule has 0 aliphatic carbocycles. The van der Waals surface area contributed by atoms with Crippen molar-refractivity contribution in [2.45, 2.75) is 0 Å². The number of hydrogen-bond acceptors (Lipinski definition) is 3. The van der Waals surface area contributed by atoms with E-state index in [-0.39, 0.29) is 0 Å². The normalized spacial score (nSPS) is 11.8. The average molecular weight is 1810 g/mol. The Morgan fingerprint density at radius 2 is 0.433 bits per heavy atom. The number of benzene rings is 24. The predicted molar refractivity (Wildman–Crippen MR) is 599 cm³/mol. The van der Waals surface area contributed by atoms with E-state index in [9.17, 15) is 0 Å². The van der Waals surface area contributed by atoms with E-state index in [1.54, 1.807) is 0 Å². The molecule has 0 saturated heterocycles. The molecule has 5 heterocycles. The number of nitrogens with zero attached hydrogens (tertiary/aromatic N) is 2. The van der Waals surface area contributed by atoms with Crippen LogP contribution in [-0.2, 0) is 0 Å². The van der Waals surface area contributed by atoms with Crippen molar-refractivity contribution in [3.63, 3.8) is 0 Å². The molecule has 0 fully saturated rings. The van der Waals surface area contributed by atoms with Crippen LogP contribution in [0.5, 0.6) is 0 Å². The molecule has 0 amide bonds. The van der Waals surface area contributed by atoms with Crippen LogP contribution in [0.3, 0.4) is 0 Å². The van der Waals surface area contributed by atoms with E-state index in [1.807, 2.05) is 11.3 Å². The van der Waals surface area contributed by atoms with Crippen LogP contribution in [0.2, 0.25) is 0 Å². The Morgan fingerprint density at radius 1 is 0.142 bits per heavy atom. The summed E-state index contributed by atoms with van der Waals surface area (Å²) < 4.78 is 21.2. The molecule has 0 aliphatic heterocycles. The van der Waals surface area contributed by atoms with Gasteiger partial charge < -0.3 is 18.0 Å². The molecule has 0 atom stereocenters. The van der Waals surface area contributed by atoms with Gasteiger partial charge in [-0.2, -0.15) is 0 Å². The van der Waals surface area contributed by atoms with Crippen LogP contribution in [0.25, 0.3) is 285 Å². The lowest BCUT2D eigenvalue weighted by molar-refractivity contribution is 0.669. The highest BCUT2D eigenvalue weighted by atomic mass is 32.1. The van der Waals surface area contributed by atoms with Gasteiger partial charge in [0.25, 0.3) is 0 Å². The second-order valence-electron chi connectivity index (χ2n) is 37.1. The number of para-hydroxylation sites is 3. The molecular weight excluding hydrogens is 1730 g/mol. The minimum absolute atomic E-state index is 0.871. The summed E-state index contributed by atoms with van der Waals surface area (Å²) in [6.45, 7) is 0. The maximum atomic E-state index is 6.82. The zero-order valence-corrected chi connectivity index (χ0v) is 77.4. The maximum Gasteiger partial charge on any atom is 0.143 e. The molecule has 656 valence electrons. The zero-order chi connectivity index (χ0) is 92.7. The molecule has 0 N–H and O–H groups in total. The van der Waals surface area contributed by atoms with Crippen LogP contribution in [0, 0.1) is 0 Å². The average Bonchev–Trinajstić information content (AvgIpc) is 1.71. The number of hydrogen-bond donors (Lipinski definition) is 0. The molecule has 0 aliphatic rings. The Labute approximate surface area is 817 Å². The van der Waals surface area contributed by atoms with Gasteiger partial charge in [0, 0.05) is 85.8 Å². The van der Waals surface area contributed by atoms with Gasteiger partial charge in [-0.1, -0.05) is 376 Å². The van der Waals surface area contributed by atoms with Crippen molar-refractivity contribution in [1.29, 1.82) is 0 Å². The van der Waals surface area contributed by atoms with E-state index in [2.05, 4.69) is 519 Å². The van der Waals surface area contributed by atoms with Crippen molar-refractivity contribution in [1.82, 2.24) is 9.13 Å². The summed E-state index contributed by atoms with van der Waals surface area (Å²) in [6.07, 6.45) is 0. The van der Waals surface area contributed by atoms with Crippen LogP contribution in [0.1, 0.15) is 0 Å². The Balaban J connectivity index is 0.000000158. The quantitative estimate of drug-likeness (QED) is 0.108. The van der Waals surface area contributed by atoms with Crippen molar-refractivity contribution < 1.29 is 8.83 Å². The monoisotopic (exact) mass is 1810 g/mol. The lowest BCUT2D eigenvalue weighted by Crippen LogP contribution is -1.96. The molecule has 0 spiro atoms. The van der Waals surface area contributed by atoms with Gasteiger partial charge >= 0.3 is 0 Å². The predicted octanol–water partition coefficient (Wildman–Crippen LogP) is 38.7. The molecule has 29 rings (SSSR count). The molecule has 0 unspecified atom stereocenters. The summed E-state index contributed by atoms with van der Waals surface area (Å²) >= 11 is 1.87. The molecule has 0 saturated carbocycles. The number of rotatable bonds is 13. The summed E-state index contributed by atoms with van der Waals surface area (Å²) in [5, 5.41) is 21.9. The molecule has 24 aromatic carbocycles. The fraction of sp³-hybridized carbons (Fsp3) is 0. The van der Waals surface area contributed by atoms with E-state index in [0.717, 1.165) is 138 Å². The molecule has 0 radical (unpaired) electrons. The summed E-state index contributed by atoms with van der Waals surface area (Å²) in [7, 11) is 0. The molecule has 5 aromatic heterocycles. The summed E-state index contributed by atoms with van der Waals surface area (Å²) in [5.41, 5.74) is 36.2. The molecule has 0 bridgehead atoms. The first-order valence-corrected chi connectivity index (χ1v) is 49.2. The molecule has 141 heavy (non-hydrogen) atoms. The smallest absolute Gasteiger partial charge is 0.143 e. The van der Waals surface area contributed by atoms with E-state index in [0.29, 0.717) is 0 Å². The van der Waals surface area contributed by atoms with Gasteiger partial charge in [0.2, 0.25) is 0 Å². The molecule has 29 aromatic rings. The van der Waals surface area contributed by atoms with Crippen molar-refractivity contribution in [2.24, 2.45) is 0 Å². The second kappa shape index (κ2) is 33.3. The van der Waals surface area contributed by atoms with E-state index in [4.69, 9.17) is 8.83 Å². The largest absolute Gasteiger partial charge is 0.455 e. The topological polar surface area (TPSA) is 36.1 Å². The molecule has 4 nitrogen and oxygen atoms in total. The van der Waals surface area contributed by atoms with Crippen molar-refractivity contribution >= 4 is 162 Å². The molecular formula is C136H84N2O2S. The number of fused-ring (bicyclic) bond motifs is 19. The van der Waals surface area contributed by atoms with E-state index < -0.39 is 0 Å². The van der Waals surface area contributed by atoms with Crippen LogP contribution in [0.15, 0.2) is 518 Å². The third kappa shape index (κ3) is 13.6. The fourth-order valence-electron chi connectivity index (χ4n) is 22.7. The number of thiophene rings is 1. The van der Waals surface area contributed by atoms with Gasteiger partial charge in [-0.05, 0) is 288 Å². The minimum atomic E-state index is 0.871. The first kappa shape index (κ1) is 81.1. The van der Waals surface area contributed by atoms with Gasteiger partial charge in [-0.25, -0.2) is 0 Å². The minimum Gasteiger partial charge on any atom is -0.455 e. The number of furan rings is 2. The van der Waals surface area contributed by atoms with Crippen LogP contribution < -0.4 is 0 Å². The lowest BCUT2D eigenvalue weighted by Gasteiger charge is -2.18. The van der Waals surface area contributed by atoms with Crippen LogP contribution in [0.4, 0.5) is 0 Å². The Bertz CT molecular complexity index is 9750. The van der Waals surface area contributed by atoms with Crippen molar-refractivity contribution in [3.05, 3.63) is 510 Å². The number of aromatic nitrogens is 2. The van der Waals surface area contributed by atoms with Crippen LogP contribution >= 0.6 is 11.3 Å². The van der Waals surface area contributed by atoms with E-state index in [1.165, 1.54) is 146 Å². The maximum absolute atomic E-state index is 6.82. The third-order valence-electron chi connectivity index (χ3n) is 29.1. The Kier molecular flexibility index (Phi) is 19.2.